The Morgan fingerprint density at radius 3 is 2.31 bits per heavy atom. The number of allylic oxidation sites excluding steroid dienone is 3. The number of carbonyl (C=O) groups is 2. The molecule has 0 aliphatic carbocycles. The van der Waals surface area contributed by atoms with E-state index in [0.717, 1.165) is 42.4 Å². The second-order valence-electron chi connectivity index (χ2n) is 12.5. The van der Waals surface area contributed by atoms with Crippen LogP contribution in [-0.2, 0) is 4.79 Å². The van der Waals surface area contributed by atoms with Crippen LogP contribution in [0, 0.1) is 5.82 Å². The third kappa shape index (κ3) is 13.5. The highest BCUT2D eigenvalue weighted by atomic mass is 32.2. The van der Waals surface area contributed by atoms with Crippen LogP contribution < -0.4 is 15.0 Å². The lowest BCUT2D eigenvalue weighted by atomic mass is 10.0. The van der Waals surface area contributed by atoms with Gasteiger partial charge < -0.3 is 25.0 Å². The summed E-state index contributed by atoms with van der Waals surface area (Å²) in [6.07, 6.45) is 10.8. The fourth-order valence-electron chi connectivity index (χ4n) is 5.10. The molecule has 2 aliphatic heterocycles. The van der Waals surface area contributed by atoms with Crippen molar-refractivity contribution >= 4 is 40.7 Å². The predicted molar refractivity (Wildman–Crippen MR) is 214 cm³/mol. The monoisotopic (exact) mass is 722 g/mol. The molecular weight excluding hydrogens is 664 g/mol. The minimum Gasteiger partial charge on any atom is -0.489 e. The molecule has 2 heterocycles. The van der Waals surface area contributed by atoms with Gasteiger partial charge in [-0.05, 0) is 82.7 Å². The number of carboxylic acids is 1. The van der Waals surface area contributed by atoms with Crippen molar-refractivity contribution < 1.29 is 23.8 Å². The van der Waals surface area contributed by atoms with Gasteiger partial charge >= 0.3 is 5.97 Å². The lowest BCUT2D eigenvalue weighted by molar-refractivity contribution is -0.117. The van der Waals surface area contributed by atoms with Gasteiger partial charge in [0.1, 0.15) is 18.2 Å². The van der Waals surface area contributed by atoms with Crippen molar-refractivity contribution in [3.8, 4) is 5.75 Å². The Bertz CT molecular complexity index is 1540. The Morgan fingerprint density at radius 1 is 1.04 bits per heavy atom. The van der Waals surface area contributed by atoms with Crippen LogP contribution in [0.15, 0.2) is 77.0 Å². The molecule has 1 amide bonds. The molecule has 2 aliphatic rings. The van der Waals surface area contributed by atoms with E-state index in [4.69, 9.17) is 4.74 Å². The number of benzene rings is 2. The molecule has 4 rings (SSSR count). The van der Waals surface area contributed by atoms with Crippen LogP contribution in [0.25, 0.3) is 0 Å². The minimum absolute atomic E-state index is 0.00466. The van der Waals surface area contributed by atoms with Gasteiger partial charge in [0, 0.05) is 59.6 Å². The summed E-state index contributed by atoms with van der Waals surface area (Å²) in [5.74, 6) is 0.850. The average Bonchev–Trinajstić information content (AvgIpc) is 3.14. The van der Waals surface area contributed by atoms with Gasteiger partial charge in [-0.3, -0.25) is 4.79 Å². The fraction of sp³-hybridized carbons (Fsp3) is 0.488. The number of carbonyl (C=O) groups excluding carboxylic acids is 1. The number of ether oxygens (including phenoxy) is 1. The molecule has 0 radical (unpaired) electrons. The van der Waals surface area contributed by atoms with E-state index in [0.29, 0.717) is 34.8 Å². The summed E-state index contributed by atoms with van der Waals surface area (Å²) in [6.45, 7) is 20.9. The van der Waals surface area contributed by atoms with Gasteiger partial charge in [-0.15, -0.1) is 0 Å². The van der Waals surface area contributed by atoms with E-state index < -0.39 is 11.8 Å². The number of aliphatic imine (C=N–C) groups is 1. The van der Waals surface area contributed by atoms with Crippen LogP contribution in [0.5, 0.6) is 5.75 Å². The van der Waals surface area contributed by atoms with Crippen LogP contribution in [0.3, 0.4) is 0 Å². The van der Waals surface area contributed by atoms with Gasteiger partial charge in [-0.2, -0.15) is 11.8 Å². The fourth-order valence-corrected chi connectivity index (χ4v) is 6.00. The summed E-state index contributed by atoms with van der Waals surface area (Å²) in [6, 6.07) is 9.67. The average molecular weight is 723 g/mol. The van der Waals surface area contributed by atoms with Crippen molar-refractivity contribution in [2.24, 2.45) is 4.99 Å². The second-order valence-corrected chi connectivity index (χ2v) is 13.7. The van der Waals surface area contributed by atoms with Gasteiger partial charge in [0.25, 0.3) is 5.91 Å². The van der Waals surface area contributed by atoms with E-state index in [1.807, 2.05) is 51.6 Å². The number of anilines is 1. The molecule has 51 heavy (non-hydrogen) atoms. The van der Waals surface area contributed by atoms with E-state index in [1.165, 1.54) is 25.0 Å². The van der Waals surface area contributed by atoms with Crippen LogP contribution in [0.4, 0.5) is 15.8 Å². The van der Waals surface area contributed by atoms with Crippen molar-refractivity contribution in [3.63, 3.8) is 0 Å². The van der Waals surface area contributed by atoms with Gasteiger partial charge in [0.05, 0.1) is 29.2 Å². The number of rotatable bonds is 13. The van der Waals surface area contributed by atoms with Crippen molar-refractivity contribution in [1.82, 2.24) is 10.2 Å². The third-order valence-corrected chi connectivity index (χ3v) is 9.26. The molecule has 0 aromatic heterocycles. The van der Waals surface area contributed by atoms with Gasteiger partial charge in [-0.1, -0.05) is 53.5 Å². The Morgan fingerprint density at radius 2 is 1.73 bits per heavy atom. The number of unbranched alkanes of at least 4 members (excludes halogenated alkanes) is 1. The standard InChI is InChI=1S/C35H43FN4O4S.C4H10.C2H6/c1-6-24(4)40-22-32(38-31-20-27(35(42)43)11-14-33(31)40)29-13-12-28(21-30(29)36)44-17-7-8-26(34(41)37-23(2)3)10-9-25(5)39-15-18-45-19-16-39;1-3-4-2;1-2/h7-14,20-21,23-24H,6,15-19,22H2,1-5H3,(H,37,41)(H,42,43);3-4H2,1-2H3;1-2H3/b8-7+,25-9+,26-10+;;. The number of hydrogen-bond donors (Lipinski definition) is 2. The summed E-state index contributed by atoms with van der Waals surface area (Å²) in [5, 5.41) is 12.4. The Labute approximate surface area is 309 Å². The molecule has 1 atom stereocenters. The first-order valence-corrected chi connectivity index (χ1v) is 19.5. The molecule has 1 fully saturated rings. The first-order valence-electron chi connectivity index (χ1n) is 18.3. The lowest BCUT2D eigenvalue weighted by Gasteiger charge is -2.35. The molecule has 2 N–H and O–H groups in total. The number of halogens is 1. The number of carboxylic acid groups (broad SMARTS) is 1. The topological polar surface area (TPSA) is 94.5 Å². The number of thioether (sulfide) groups is 1. The normalized spacial score (nSPS) is 15.2. The van der Waals surface area contributed by atoms with Crippen molar-refractivity contribution in [2.75, 3.05) is 42.6 Å². The van der Waals surface area contributed by atoms with Crippen molar-refractivity contribution in [3.05, 3.63) is 88.9 Å². The summed E-state index contributed by atoms with van der Waals surface area (Å²) in [7, 11) is 0. The van der Waals surface area contributed by atoms with E-state index in [2.05, 4.69) is 54.7 Å². The SMILES string of the molecule is CC.CCC(C)N1CC(c2ccc(OC/C=C/C(=C\C=C(/C)N3CCSCC3)C(=O)NC(C)C)cc2F)=Nc2cc(C(=O)O)ccc21.CCCC. The number of hydrogen-bond acceptors (Lipinski definition) is 7. The minimum atomic E-state index is -1.04. The number of amides is 1. The van der Waals surface area contributed by atoms with Crippen LogP contribution >= 0.6 is 11.8 Å². The van der Waals surface area contributed by atoms with Crippen molar-refractivity contribution in [1.29, 1.82) is 0 Å². The van der Waals surface area contributed by atoms with Crippen molar-refractivity contribution in [2.45, 2.75) is 93.7 Å². The zero-order valence-electron chi connectivity index (χ0n) is 32.1. The molecule has 0 spiro atoms. The molecule has 8 nitrogen and oxygen atoms in total. The number of nitrogens with one attached hydrogen (secondary N) is 1. The number of fused-ring (bicyclic) bond motifs is 1. The third-order valence-electron chi connectivity index (χ3n) is 8.32. The Kier molecular flexibility index (Phi) is 19.2. The smallest absolute Gasteiger partial charge is 0.335 e. The zero-order chi connectivity index (χ0) is 37.9. The molecular formula is C41H59FN4O4S. The van der Waals surface area contributed by atoms with Gasteiger partial charge in [0.2, 0.25) is 0 Å². The highest BCUT2D eigenvalue weighted by molar-refractivity contribution is 7.99. The maximum atomic E-state index is 15.5. The summed E-state index contributed by atoms with van der Waals surface area (Å²) >= 11 is 1.95. The molecule has 10 heteroatoms. The quantitative estimate of drug-likeness (QED) is 0.157. The van der Waals surface area contributed by atoms with Crippen LogP contribution in [0.1, 0.15) is 97.5 Å². The summed E-state index contributed by atoms with van der Waals surface area (Å²) in [4.78, 5) is 33.5. The molecule has 0 saturated carbocycles. The van der Waals surface area contributed by atoms with Crippen LogP contribution in [0.2, 0.25) is 0 Å². The molecule has 280 valence electrons. The molecule has 2 aromatic carbocycles. The van der Waals surface area contributed by atoms with E-state index in [9.17, 15) is 14.7 Å². The molecule has 2 aromatic rings. The molecule has 0 bridgehead atoms. The van der Waals surface area contributed by atoms with Gasteiger partial charge in [-0.25, -0.2) is 14.2 Å². The zero-order valence-corrected chi connectivity index (χ0v) is 32.9. The molecule has 1 unspecified atom stereocenters. The maximum Gasteiger partial charge on any atom is 0.335 e. The highest BCUT2D eigenvalue weighted by Crippen LogP contribution is 2.36. The van der Waals surface area contributed by atoms with Gasteiger partial charge in [0.15, 0.2) is 0 Å². The summed E-state index contributed by atoms with van der Waals surface area (Å²) < 4.78 is 21.3. The van der Waals surface area contributed by atoms with Crippen LogP contribution in [-0.4, -0.2) is 77.4 Å². The number of aromatic carboxylic acids is 1. The second kappa shape index (κ2) is 22.7. The first-order chi connectivity index (χ1) is 24.5. The Balaban J connectivity index is 0.00000140. The molecule has 1 saturated heterocycles. The van der Waals surface area contributed by atoms with E-state index >= 15 is 4.39 Å². The first kappa shape index (κ1) is 43.1. The largest absolute Gasteiger partial charge is 0.489 e. The van der Waals surface area contributed by atoms with E-state index in [-0.39, 0.29) is 30.2 Å². The summed E-state index contributed by atoms with van der Waals surface area (Å²) in [5.41, 5.74) is 3.95. The number of nitrogens with zero attached hydrogens (tertiary/aromatic N) is 3. The Hall–Kier alpha value is -4.05. The maximum absolute atomic E-state index is 15.5. The predicted octanol–water partition coefficient (Wildman–Crippen LogP) is 9.43. The van der Waals surface area contributed by atoms with E-state index in [1.54, 1.807) is 36.4 Å². The highest BCUT2D eigenvalue weighted by Gasteiger charge is 2.26. The lowest BCUT2D eigenvalue weighted by Crippen LogP contribution is -2.39.